The van der Waals surface area contributed by atoms with Crippen molar-refractivity contribution in [3.63, 3.8) is 0 Å². The topological polar surface area (TPSA) is 92.6 Å². The quantitative estimate of drug-likeness (QED) is 0.571. The summed E-state index contributed by atoms with van der Waals surface area (Å²) in [4.78, 5) is 37.2. The van der Waals surface area contributed by atoms with Gasteiger partial charge in [0, 0.05) is 44.6 Å². The Balaban J connectivity index is 1.37. The van der Waals surface area contributed by atoms with E-state index in [0.717, 1.165) is 35.8 Å². The van der Waals surface area contributed by atoms with Gasteiger partial charge in [-0.15, -0.1) is 0 Å². The van der Waals surface area contributed by atoms with Crippen LogP contribution in [0.1, 0.15) is 19.2 Å². The summed E-state index contributed by atoms with van der Waals surface area (Å²) >= 11 is 0. The maximum absolute atomic E-state index is 12.4. The van der Waals surface area contributed by atoms with E-state index in [1.807, 2.05) is 30.3 Å². The largest absolute Gasteiger partial charge is 0.466 e. The van der Waals surface area contributed by atoms with E-state index in [4.69, 9.17) is 9.72 Å². The molecule has 4 rings (SSSR count). The van der Waals surface area contributed by atoms with Crippen LogP contribution in [0.25, 0.3) is 16.9 Å². The van der Waals surface area contributed by atoms with Gasteiger partial charge >= 0.3 is 12.0 Å². The minimum absolute atomic E-state index is 0.144. The van der Waals surface area contributed by atoms with Gasteiger partial charge in [-0.25, -0.2) is 14.8 Å². The van der Waals surface area contributed by atoms with Gasteiger partial charge in [0.2, 0.25) is 0 Å². The number of pyridine rings is 1. The maximum Gasteiger partial charge on any atom is 0.317 e. The first-order valence-electron chi connectivity index (χ1n) is 10.9. The molecular weight excluding hydrogens is 408 g/mol. The first kappa shape index (κ1) is 21.8. The van der Waals surface area contributed by atoms with Crippen molar-refractivity contribution in [1.82, 2.24) is 29.7 Å². The van der Waals surface area contributed by atoms with E-state index in [1.54, 1.807) is 18.0 Å². The molecule has 3 heterocycles. The Morgan fingerprint density at radius 2 is 1.84 bits per heavy atom. The van der Waals surface area contributed by atoms with Crippen LogP contribution in [0, 0.1) is 0 Å². The molecule has 1 saturated heterocycles. The third-order valence-electron chi connectivity index (χ3n) is 5.44. The minimum atomic E-state index is -0.298. The van der Waals surface area contributed by atoms with Crippen LogP contribution < -0.4 is 5.32 Å². The molecule has 9 nitrogen and oxygen atoms in total. The van der Waals surface area contributed by atoms with E-state index in [-0.39, 0.29) is 25.0 Å². The number of rotatable bonds is 7. The average molecular weight is 437 g/mol. The van der Waals surface area contributed by atoms with Crippen LogP contribution in [0.15, 0.2) is 48.7 Å². The molecule has 0 radical (unpaired) electrons. The second kappa shape index (κ2) is 10.2. The molecule has 1 aliphatic heterocycles. The zero-order chi connectivity index (χ0) is 22.3. The molecular formula is C23H28N6O3. The molecule has 0 saturated carbocycles. The predicted molar refractivity (Wildman–Crippen MR) is 120 cm³/mol. The van der Waals surface area contributed by atoms with Crippen LogP contribution in [0.2, 0.25) is 0 Å². The second-order valence-corrected chi connectivity index (χ2v) is 7.60. The van der Waals surface area contributed by atoms with Crippen molar-refractivity contribution in [2.75, 3.05) is 39.3 Å². The van der Waals surface area contributed by atoms with Crippen molar-refractivity contribution in [2.24, 2.45) is 0 Å². The van der Waals surface area contributed by atoms with Gasteiger partial charge in [0.25, 0.3) is 0 Å². The zero-order valence-electron chi connectivity index (χ0n) is 18.2. The third-order valence-corrected chi connectivity index (χ3v) is 5.44. The van der Waals surface area contributed by atoms with Gasteiger partial charge in [0.05, 0.1) is 19.6 Å². The summed E-state index contributed by atoms with van der Waals surface area (Å²) in [6, 6.07) is 13.8. The first-order valence-corrected chi connectivity index (χ1v) is 10.9. The van der Waals surface area contributed by atoms with Crippen molar-refractivity contribution in [3.8, 4) is 5.69 Å². The first-order chi connectivity index (χ1) is 15.7. The summed E-state index contributed by atoms with van der Waals surface area (Å²) in [6.45, 7) is 5.80. The number of piperazine rings is 1. The molecule has 9 heteroatoms. The van der Waals surface area contributed by atoms with Crippen molar-refractivity contribution >= 4 is 23.2 Å². The van der Waals surface area contributed by atoms with Gasteiger partial charge in [-0.3, -0.25) is 14.3 Å². The summed E-state index contributed by atoms with van der Waals surface area (Å²) < 4.78 is 6.98. The molecule has 168 valence electrons. The Labute approximate surface area is 187 Å². The number of fused-ring (bicyclic) bond motifs is 1. The fourth-order valence-corrected chi connectivity index (χ4v) is 3.84. The standard InChI is InChI=1S/C23H28N6O3/c1-2-32-21(30)10-12-25-23(31)28-15-13-27(14-16-28)17-20-26-19-9-6-11-24-22(19)29(20)18-7-4-3-5-8-18/h3-9,11H,2,10,12-17H2,1H3,(H,25,31). The number of hydrogen-bond donors (Lipinski definition) is 1. The maximum atomic E-state index is 12.4. The molecule has 2 amide bonds. The lowest BCUT2D eigenvalue weighted by Crippen LogP contribution is -2.51. The molecule has 0 atom stereocenters. The number of nitrogens with one attached hydrogen (secondary N) is 1. The Bertz CT molecular complexity index is 1060. The van der Waals surface area contributed by atoms with Gasteiger partial charge in [-0.2, -0.15) is 0 Å². The molecule has 1 aliphatic rings. The van der Waals surface area contributed by atoms with Crippen molar-refractivity contribution < 1.29 is 14.3 Å². The lowest BCUT2D eigenvalue weighted by molar-refractivity contribution is -0.142. The van der Waals surface area contributed by atoms with E-state index >= 15 is 0 Å². The number of carbonyl (C=O) groups excluding carboxylic acids is 2. The second-order valence-electron chi connectivity index (χ2n) is 7.60. The highest BCUT2D eigenvalue weighted by Crippen LogP contribution is 2.21. The molecule has 0 spiro atoms. The molecule has 0 unspecified atom stereocenters. The minimum Gasteiger partial charge on any atom is -0.466 e. The number of hydrogen-bond acceptors (Lipinski definition) is 6. The molecule has 3 aromatic rings. The third kappa shape index (κ3) is 5.05. The van der Waals surface area contributed by atoms with Gasteiger partial charge in [0.15, 0.2) is 5.65 Å². The molecule has 1 N–H and O–H groups in total. The molecule has 32 heavy (non-hydrogen) atoms. The Kier molecular flexibility index (Phi) is 6.96. The number of ether oxygens (including phenoxy) is 1. The van der Waals surface area contributed by atoms with E-state index in [1.165, 1.54) is 0 Å². The summed E-state index contributed by atoms with van der Waals surface area (Å²) in [5.41, 5.74) is 2.74. The van der Waals surface area contributed by atoms with E-state index in [0.29, 0.717) is 26.2 Å². The van der Waals surface area contributed by atoms with Crippen molar-refractivity contribution in [2.45, 2.75) is 19.9 Å². The zero-order valence-corrected chi connectivity index (χ0v) is 18.2. The number of aromatic nitrogens is 3. The average Bonchev–Trinajstić information content (AvgIpc) is 3.18. The van der Waals surface area contributed by atoms with E-state index in [2.05, 4.69) is 31.9 Å². The Hall–Kier alpha value is -3.46. The monoisotopic (exact) mass is 436 g/mol. The lowest BCUT2D eigenvalue weighted by Gasteiger charge is -2.34. The SMILES string of the molecule is CCOC(=O)CCNC(=O)N1CCN(Cc2nc3cccnc3n2-c2ccccc2)CC1. The molecule has 2 aromatic heterocycles. The highest BCUT2D eigenvalue weighted by atomic mass is 16.5. The number of benzene rings is 1. The molecule has 0 bridgehead atoms. The molecule has 1 aromatic carbocycles. The Morgan fingerprint density at radius 3 is 2.59 bits per heavy atom. The summed E-state index contributed by atoms with van der Waals surface area (Å²) in [5, 5.41) is 2.80. The highest BCUT2D eigenvalue weighted by molar-refractivity contribution is 5.76. The number of esters is 1. The van der Waals surface area contributed by atoms with E-state index < -0.39 is 0 Å². The van der Waals surface area contributed by atoms with Crippen LogP contribution >= 0.6 is 0 Å². The molecule has 0 aliphatic carbocycles. The smallest absolute Gasteiger partial charge is 0.317 e. The van der Waals surface area contributed by atoms with Crippen LogP contribution in [0.3, 0.4) is 0 Å². The van der Waals surface area contributed by atoms with Crippen LogP contribution in [-0.4, -0.2) is 75.7 Å². The van der Waals surface area contributed by atoms with E-state index in [9.17, 15) is 9.59 Å². The number of para-hydroxylation sites is 1. The normalized spacial score (nSPS) is 14.5. The number of imidazole rings is 1. The van der Waals surface area contributed by atoms with Crippen LogP contribution in [0.4, 0.5) is 4.79 Å². The van der Waals surface area contributed by atoms with Gasteiger partial charge in [0.1, 0.15) is 11.3 Å². The summed E-state index contributed by atoms with van der Waals surface area (Å²) in [6.07, 6.45) is 1.97. The fourth-order valence-electron chi connectivity index (χ4n) is 3.84. The van der Waals surface area contributed by atoms with Crippen molar-refractivity contribution in [3.05, 3.63) is 54.5 Å². The summed E-state index contributed by atoms with van der Waals surface area (Å²) in [5.74, 6) is 0.630. The van der Waals surface area contributed by atoms with Gasteiger partial charge in [-0.05, 0) is 31.2 Å². The lowest BCUT2D eigenvalue weighted by atomic mass is 10.3. The number of carbonyl (C=O) groups is 2. The Morgan fingerprint density at radius 1 is 1.06 bits per heavy atom. The van der Waals surface area contributed by atoms with Gasteiger partial charge < -0.3 is 15.0 Å². The summed E-state index contributed by atoms with van der Waals surface area (Å²) in [7, 11) is 0. The number of amides is 2. The predicted octanol–water partition coefficient (Wildman–Crippen LogP) is 2.20. The van der Waals surface area contributed by atoms with Crippen LogP contribution in [0.5, 0.6) is 0 Å². The number of nitrogens with zero attached hydrogens (tertiary/aromatic N) is 5. The molecule has 1 fully saturated rings. The number of urea groups is 1. The van der Waals surface area contributed by atoms with Crippen molar-refractivity contribution in [1.29, 1.82) is 0 Å². The van der Waals surface area contributed by atoms with Gasteiger partial charge in [-0.1, -0.05) is 18.2 Å². The van der Waals surface area contributed by atoms with Crippen LogP contribution in [-0.2, 0) is 16.1 Å². The fraction of sp³-hybridized carbons (Fsp3) is 0.391. The highest BCUT2D eigenvalue weighted by Gasteiger charge is 2.23.